The van der Waals surface area contributed by atoms with Crippen molar-refractivity contribution in [3.05, 3.63) is 42.2 Å². The highest BCUT2D eigenvalue weighted by Crippen LogP contribution is 2.31. The standard InChI is InChI=1S/C19H22N2O3/c1-23-16-5-3-2-4-15(16)17-6-7-18(24-17)19(22)20-14-10-13-8-9-21(11-13)12-14/h2-7,13-14H,8-12H2,1H3,(H,20,22). The fourth-order valence-electron chi connectivity index (χ4n) is 3.87. The summed E-state index contributed by atoms with van der Waals surface area (Å²) < 4.78 is 11.1. The molecule has 3 atom stereocenters. The van der Waals surface area contributed by atoms with E-state index in [-0.39, 0.29) is 11.9 Å². The summed E-state index contributed by atoms with van der Waals surface area (Å²) in [5, 5.41) is 3.12. The van der Waals surface area contributed by atoms with E-state index in [1.165, 1.54) is 13.0 Å². The Morgan fingerprint density at radius 3 is 2.96 bits per heavy atom. The molecule has 0 saturated carbocycles. The Kier molecular flexibility index (Phi) is 4.02. The number of carbonyl (C=O) groups excluding carboxylic acids is 1. The summed E-state index contributed by atoms with van der Waals surface area (Å²) in [5.41, 5.74) is 0.848. The second-order valence-corrected chi connectivity index (χ2v) is 6.68. The molecule has 1 aromatic carbocycles. The highest BCUT2D eigenvalue weighted by Gasteiger charge is 2.33. The maximum atomic E-state index is 12.5. The van der Waals surface area contributed by atoms with Crippen molar-refractivity contribution in [2.24, 2.45) is 5.92 Å². The van der Waals surface area contributed by atoms with Gasteiger partial charge in [-0.25, -0.2) is 0 Å². The number of nitrogens with zero attached hydrogens (tertiary/aromatic N) is 1. The molecule has 2 fully saturated rings. The number of amides is 1. The molecule has 2 saturated heterocycles. The first-order valence-corrected chi connectivity index (χ1v) is 8.49. The third-order valence-electron chi connectivity index (χ3n) is 5.00. The summed E-state index contributed by atoms with van der Waals surface area (Å²) >= 11 is 0. The van der Waals surface area contributed by atoms with Crippen molar-refractivity contribution in [2.45, 2.75) is 18.9 Å². The molecule has 1 amide bonds. The van der Waals surface area contributed by atoms with Crippen molar-refractivity contribution >= 4 is 5.91 Å². The van der Waals surface area contributed by atoms with Crippen molar-refractivity contribution in [2.75, 3.05) is 26.7 Å². The van der Waals surface area contributed by atoms with Gasteiger partial charge in [-0.2, -0.15) is 0 Å². The quantitative estimate of drug-likeness (QED) is 0.939. The smallest absolute Gasteiger partial charge is 0.287 e. The van der Waals surface area contributed by atoms with Gasteiger partial charge in [-0.1, -0.05) is 12.1 Å². The maximum absolute atomic E-state index is 12.5. The van der Waals surface area contributed by atoms with E-state index in [4.69, 9.17) is 9.15 Å². The number of nitrogens with one attached hydrogen (secondary N) is 1. The zero-order valence-electron chi connectivity index (χ0n) is 13.8. The monoisotopic (exact) mass is 326 g/mol. The van der Waals surface area contributed by atoms with E-state index in [0.29, 0.717) is 11.5 Å². The SMILES string of the molecule is COc1ccccc1-c1ccc(C(=O)NC2CC3CCN(C3)C2)o1. The Morgan fingerprint density at radius 1 is 1.25 bits per heavy atom. The Labute approximate surface area is 141 Å². The predicted molar refractivity (Wildman–Crippen MR) is 91.1 cm³/mol. The van der Waals surface area contributed by atoms with Crippen LogP contribution in [0.4, 0.5) is 0 Å². The van der Waals surface area contributed by atoms with Gasteiger partial charge in [0.05, 0.1) is 12.7 Å². The number of benzene rings is 1. The molecule has 24 heavy (non-hydrogen) atoms. The lowest BCUT2D eigenvalue weighted by Crippen LogP contribution is -2.46. The first-order valence-electron chi connectivity index (χ1n) is 8.49. The molecule has 2 aromatic rings. The predicted octanol–water partition coefficient (Wildman–Crippen LogP) is 2.78. The Morgan fingerprint density at radius 2 is 2.12 bits per heavy atom. The Balaban J connectivity index is 1.47. The summed E-state index contributed by atoms with van der Waals surface area (Å²) in [6.45, 7) is 3.29. The molecule has 2 aliphatic rings. The Bertz CT molecular complexity index is 728. The van der Waals surface area contributed by atoms with Gasteiger partial charge < -0.3 is 19.4 Å². The van der Waals surface area contributed by atoms with Crippen LogP contribution in [0.5, 0.6) is 5.75 Å². The second kappa shape index (κ2) is 6.32. The minimum Gasteiger partial charge on any atom is -0.496 e. The zero-order valence-corrected chi connectivity index (χ0v) is 13.8. The lowest BCUT2D eigenvalue weighted by Gasteiger charge is -2.30. The number of rotatable bonds is 4. The minimum atomic E-state index is -0.136. The van der Waals surface area contributed by atoms with Crippen molar-refractivity contribution in [1.82, 2.24) is 10.2 Å². The molecule has 3 heterocycles. The lowest BCUT2D eigenvalue weighted by atomic mass is 9.97. The van der Waals surface area contributed by atoms with Gasteiger partial charge in [0.2, 0.25) is 0 Å². The van der Waals surface area contributed by atoms with Gasteiger partial charge in [0.25, 0.3) is 5.91 Å². The third kappa shape index (κ3) is 2.91. The van der Waals surface area contributed by atoms with E-state index >= 15 is 0 Å². The van der Waals surface area contributed by atoms with Crippen LogP contribution in [0.15, 0.2) is 40.8 Å². The summed E-state index contributed by atoms with van der Waals surface area (Å²) in [4.78, 5) is 14.9. The third-order valence-corrected chi connectivity index (χ3v) is 5.00. The average molecular weight is 326 g/mol. The Hall–Kier alpha value is -2.27. The summed E-state index contributed by atoms with van der Waals surface area (Å²) in [6, 6.07) is 11.4. The van der Waals surface area contributed by atoms with Crippen LogP contribution in [0, 0.1) is 5.92 Å². The van der Waals surface area contributed by atoms with E-state index in [1.807, 2.05) is 30.3 Å². The molecule has 4 rings (SSSR count). The summed E-state index contributed by atoms with van der Waals surface area (Å²) in [5.74, 6) is 2.32. The molecular weight excluding hydrogens is 304 g/mol. The van der Waals surface area contributed by atoms with Crippen LogP contribution in [0.25, 0.3) is 11.3 Å². The van der Waals surface area contributed by atoms with Crippen molar-refractivity contribution in [3.8, 4) is 17.1 Å². The molecule has 1 aromatic heterocycles. The first kappa shape index (κ1) is 15.3. The number of para-hydroxylation sites is 1. The van der Waals surface area contributed by atoms with Crippen LogP contribution in [-0.2, 0) is 0 Å². The number of hydrogen-bond donors (Lipinski definition) is 1. The molecular formula is C19H22N2O3. The molecule has 0 aliphatic carbocycles. The number of fused-ring (bicyclic) bond motifs is 2. The molecule has 1 N–H and O–H groups in total. The maximum Gasteiger partial charge on any atom is 0.287 e. The van der Waals surface area contributed by atoms with Gasteiger partial charge in [0, 0.05) is 19.1 Å². The summed E-state index contributed by atoms with van der Waals surface area (Å²) in [6.07, 6.45) is 2.33. The molecule has 2 bridgehead atoms. The molecule has 2 aliphatic heterocycles. The topological polar surface area (TPSA) is 54.7 Å². The average Bonchev–Trinajstić information content (AvgIpc) is 3.22. The molecule has 126 valence electrons. The second-order valence-electron chi connectivity index (χ2n) is 6.68. The van der Waals surface area contributed by atoms with Crippen molar-refractivity contribution in [3.63, 3.8) is 0 Å². The van der Waals surface area contributed by atoms with Gasteiger partial charge >= 0.3 is 0 Å². The minimum absolute atomic E-state index is 0.136. The van der Waals surface area contributed by atoms with Crippen molar-refractivity contribution < 1.29 is 13.9 Å². The lowest BCUT2D eigenvalue weighted by molar-refractivity contribution is 0.0882. The highest BCUT2D eigenvalue weighted by atomic mass is 16.5. The van der Waals surface area contributed by atoms with E-state index in [2.05, 4.69) is 10.2 Å². The van der Waals surface area contributed by atoms with E-state index in [1.54, 1.807) is 13.2 Å². The van der Waals surface area contributed by atoms with Gasteiger partial charge in [-0.05, 0) is 49.6 Å². The van der Waals surface area contributed by atoms with Crippen LogP contribution < -0.4 is 10.1 Å². The van der Waals surface area contributed by atoms with Gasteiger partial charge in [0.1, 0.15) is 11.5 Å². The largest absolute Gasteiger partial charge is 0.496 e. The number of furan rings is 1. The number of piperidine rings is 1. The van der Waals surface area contributed by atoms with Crippen LogP contribution in [0.2, 0.25) is 0 Å². The van der Waals surface area contributed by atoms with Gasteiger partial charge in [0.15, 0.2) is 5.76 Å². The van der Waals surface area contributed by atoms with Crippen molar-refractivity contribution in [1.29, 1.82) is 0 Å². The van der Waals surface area contributed by atoms with Gasteiger partial charge in [-0.15, -0.1) is 0 Å². The molecule has 5 nitrogen and oxygen atoms in total. The number of ether oxygens (including phenoxy) is 1. The zero-order chi connectivity index (χ0) is 16.5. The van der Waals surface area contributed by atoms with Crippen LogP contribution in [0.3, 0.4) is 0 Å². The molecule has 0 radical (unpaired) electrons. The molecule has 0 spiro atoms. The van der Waals surface area contributed by atoms with E-state index < -0.39 is 0 Å². The highest BCUT2D eigenvalue weighted by molar-refractivity contribution is 5.92. The summed E-state index contributed by atoms with van der Waals surface area (Å²) in [7, 11) is 1.63. The fourth-order valence-corrected chi connectivity index (χ4v) is 3.87. The van der Waals surface area contributed by atoms with Crippen LogP contribution in [-0.4, -0.2) is 43.6 Å². The van der Waals surface area contributed by atoms with Gasteiger partial charge in [-0.3, -0.25) is 4.79 Å². The first-order chi connectivity index (χ1) is 11.7. The van der Waals surface area contributed by atoms with Crippen LogP contribution in [0.1, 0.15) is 23.4 Å². The molecule has 5 heteroatoms. The normalized spacial score (nSPS) is 25.5. The van der Waals surface area contributed by atoms with E-state index in [9.17, 15) is 4.79 Å². The van der Waals surface area contributed by atoms with E-state index in [0.717, 1.165) is 36.7 Å². The van der Waals surface area contributed by atoms with Crippen LogP contribution >= 0.6 is 0 Å². The number of carbonyl (C=O) groups is 1. The molecule has 3 unspecified atom stereocenters. The fraction of sp³-hybridized carbons (Fsp3) is 0.421. The number of methoxy groups -OCH3 is 1. The number of hydrogen-bond acceptors (Lipinski definition) is 4.